The summed E-state index contributed by atoms with van der Waals surface area (Å²) < 4.78 is 1.20. The van der Waals surface area contributed by atoms with Crippen molar-refractivity contribution in [3.05, 3.63) is 41.4 Å². The summed E-state index contributed by atoms with van der Waals surface area (Å²) >= 11 is 1.73. The average Bonchev–Trinajstić information content (AvgIpc) is 3.07. The summed E-state index contributed by atoms with van der Waals surface area (Å²) in [6.45, 7) is 3.21. The van der Waals surface area contributed by atoms with Crippen LogP contribution in [0.5, 0.6) is 0 Å². The van der Waals surface area contributed by atoms with Gasteiger partial charge in [0.25, 0.3) is 0 Å². The smallest absolute Gasteiger partial charge is 0.224 e. The van der Waals surface area contributed by atoms with Crippen molar-refractivity contribution in [2.75, 3.05) is 6.54 Å². The van der Waals surface area contributed by atoms with Gasteiger partial charge in [-0.25, -0.2) is 4.98 Å². The number of fused-ring (bicyclic) bond motifs is 1. The number of rotatable bonds is 3. The van der Waals surface area contributed by atoms with Crippen LogP contribution in [-0.4, -0.2) is 29.5 Å². The molecule has 1 saturated heterocycles. The molecule has 4 unspecified atom stereocenters. The first kappa shape index (κ1) is 16.7. The molecule has 2 aliphatic rings. The van der Waals surface area contributed by atoms with Crippen molar-refractivity contribution in [3.63, 3.8) is 0 Å². The largest absolute Gasteiger partial charge is 0.352 e. The Morgan fingerprint density at radius 2 is 2.12 bits per heavy atom. The SMILES string of the molecule is CC1NCCCC1NC(=O)C1CC=CCC1c1nc2ccccc2s1. The van der Waals surface area contributed by atoms with Crippen molar-refractivity contribution in [2.45, 2.75) is 50.6 Å². The van der Waals surface area contributed by atoms with E-state index in [4.69, 9.17) is 4.98 Å². The molecule has 0 saturated carbocycles. The van der Waals surface area contributed by atoms with E-state index in [-0.39, 0.29) is 23.8 Å². The predicted molar refractivity (Wildman–Crippen MR) is 103 cm³/mol. The van der Waals surface area contributed by atoms with Crippen molar-refractivity contribution in [3.8, 4) is 0 Å². The Bertz CT molecular complexity index is 751. The molecule has 1 amide bonds. The fourth-order valence-electron chi connectivity index (χ4n) is 3.96. The lowest BCUT2D eigenvalue weighted by Crippen LogP contribution is -2.53. The monoisotopic (exact) mass is 355 g/mol. The Morgan fingerprint density at radius 1 is 1.28 bits per heavy atom. The van der Waals surface area contributed by atoms with Crippen LogP contribution in [0.3, 0.4) is 0 Å². The molecule has 0 radical (unpaired) electrons. The third kappa shape index (κ3) is 3.48. The van der Waals surface area contributed by atoms with Gasteiger partial charge in [0.05, 0.1) is 21.1 Å². The van der Waals surface area contributed by atoms with Crippen LogP contribution in [0.1, 0.15) is 43.5 Å². The maximum absolute atomic E-state index is 13.0. The zero-order valence-corrected chi connectivity index (χ0v) is 15.4. The van der Waals surface area contributed by atoms with Gasteiger partial charge in [0, 0.05) is 18.0 Å². The van der Waals surface area contributed by atoms with Gasteiger partial charge < -0.3 is 10.6 Å². The quantitative estimate of drug-likeness (QED) is 0.827. The highest BCUT2D eigenvalue weighted by Crippen LogP contribution is 2.38. The summed E-state index contributed by atoms with van der Waals surface area (Å²) in [7, 11) is 0. The first-order valence-electron chi connectivity index (χ1n) is 9.26. The molecule has 4 rings (SSSR count). The summed E-state index contributed by atoms with van der Waals surface area (Å²) in [4.78, 5) is 17.8. The first-order chi connectivity index (χ1) is 12.2. The van der Waals surface area contributed by atoms with Gasteiger partial charge in [-0.2, -0.15) is 0 Å². The van der Waals surface area contributed by atoms with Crippen molar-refractivity contribution >= 4 is 27.5 Å². The van der Waals surface area contributed by atoms with Crippen molar-refractivity contribution < 1.29 is 4.79 Å². The number of piperidine rings is 1. The number of hydrogen-bond donors (Lipinski definition) is 2. The minimum atomic E-state index is -0.0142. The minimum absolute atomic E-state index is 0.0142. The average molecular weight is 356 g/mol. The number of nitrogens with one attached hydrogen (secondary N) is 2. The summed E-state index contributed by atoms with van der Waals surface area (Å²) in [5, 5.41) is 7.87. The molecule has 0 bridgehead atoms. The molecular weight excluding hydrogens is 330 g/mol. The lowest BCUT2D eigenvalue weighted by Gasteiger charge is -2.33. The number of benzene rings is 1. The number of carbonyl (C=O) groups is 1. The Hall–Kier alpha value is -1.72. The topological polar surface area (TPSA) is 54.0 Å². The standard InChI is InChI=1S/C20H25N3OS/c1-13-16(10-6-12-21-13)22-19(24)14-7-2-3-8-15(14)20-23-17-9-4-5-11-18(17)25-20/h2-5,9,11,13-16,21H,6-8,10,12H2,1H3,(H,22,24). The Labute approximate surface area is 152 Å². The van der Waals surface area contributed by atoms with Crippen LogP contribution in [-0.2, 0) is 4.79 Å². The molecule has 4 nitrogen and oxygen atoms in total. The van der Waals surface area contributed by atoms with Gasteiger partial charge in [-0.3, -0.25) is 4.79 Å². The van der Waals surface area contributed by atoms with E-state index in [9.17, 15) is 4.79 Å². The van der Waals surface area contributed by atoms with Gasteiger partial charge in [-0.05, 0) is 51.3 Å². The predicted octanol–water partition coefficient (Wildman–Crippen LogP) is 3.60. The highest BCUT2D eigenvalue weighted by atomic mass is 32.1. The van der Waals surface area contributed by atoms with E-state index in [0.29, 0.717) is 6.04 Å². The van der Waals surface area contributed by atoms with Gasteiger partial charge in [0.15, 0.2) is 0 Å². The number of para-hydroxylation sites is 1. The van der Waals surface area contributed by atoms with E-state index >= 15 is 0 Å². The van der Waals surface area contributed by atoms with Crippen LogP contribution >= 0.6 is 11.3 Å². The fourth-order valence-corrected chi connectivity index (χ4v) is 5.10. The molecule has 1 aliphatic heterocycles. The number of carbonyl (C=O) groups excluding carboxylic acids is 1. The molecule has 2 heterocycles. The van der Waals surface area contributed by atoms with Crippen molar-refractivity contribution in [1.82, 2.24) is 15.6 Å². The van der Waals surface area contributed by atoms with E-state index in [1.54, 1.807) is 11.3 Å². The normalized spacial score (nSPS) is 29.6. The molecule has 1 aromatic carbocycles. The number of nitrogens with zero attached hydrogens (tertiary/aromatic N) is 1. The minimum Gasteiger partial charge on any atom is -0.352 e. The summed E-state index contributed by atoms with van der Waals surface area (Å²) in [6.07, 6.45) is 8.24. The summed E-state index contributed by atoms with van der Waals surface area (Å²) in [6, 6.07) is 8.82. The maximum Gasteiger partial charge on any atom is 0.224 e. The van der Waals surface area contributed by atoms with Crippen LogP contribution in [0.25, 0.3) is 10.2 Å². The maximum atomic E-state index is 13.0. The second-order valence-corrected chi connectivity index (χ2v) is 8.24. The van der Waals surface area contributed by atoms with Crippen LogP contribution < -0.4 is 10.6 Å². The molecular formula is C20H25N3OS. The number of amides is 1. The van der Waals surface area contributed by atoms with Crippen LogP contribution in [0.4, 0.5) is 0 Å². The Morgan fingerprint density at radius 3 is 2.96 bits per heavy atom. The summed E-state index contributed by atoms with van der Waals surface area (Å²) in [5.74, 6) is 0.364. The highest BCUT2D eigenvalue weighted by Gasteiger charge is 2.34. The molecule has 132 valence electrons. The Kier molecular flexibility index (Phi) is 4.86. The van der Waals surface area contributed by atoms with Gasteiger partial charge in [0.1, 0.15) is 0 Å². The second kappa shape index (κ2) is 7.26. The van der Waals surface area contributed by atoms with E-state index in [1.165, 1.54) is 4.70 Å². The number of aromatic nitrogens is 1. The van der Waals surface area contributed by atoms with E-state index < -0.39 is 0 Å². The third-order valence-electron chi connectivity index (χ3n) is 5.49. The molecule has 4 atom stereocenters. The van der Waals surface area contributed by atoms with E-state index in [1.807, 2.05) is 12.1 Å². The van der Waals surface area contributed by atoms with Crippen LogP contribution in [0, 0.1) is 5.92 Å². The van der Waals surface area contributed by atoms with Crippen molar-refractivity contribution in [2.24, 2.45) is 5.92 Å². The zero-order valence-electron chi connectivity index (χ0n) is 14.6. The summed E-state index contributed by atoms with van der Waals surface area (Å²) in [5.41, 5.74) is 1.04. The number of hydrogen-bond acceptors (Lipinski definition) is 4. The van der Waals surface area contributed by atoms with Gasteiger partial charge in [-0.15, -0.1) is 11.3 Å². The number of thiazole rings is 1. The molecule has 0 spiro atoms. The molecule has 1 fully saturated rings. The zero-order chi connectivity index (χ0) is 17.2. The van der Waals surface area contributed by atoms with Crippen LogP contribution in [0.15, 0.2) is 36.4 Å². The fraction of sp³-hybridized carbons (Fsp3) is 0.500. The lowest BCUT2D eigenvalue weighted by atomic mass is 9.82. The highest BCUT2D eigenvalue weighted by molar-refractivity contribution is 7.18. The lowest BCUT2D eigenvalue weighted by molar-refractivity contribution is -0.126. The van der Waals surface area contributed by atoms with Crippen molar-refractivity contribution in [1.29, 1.82) is 0 Å². The van der Waals surface area contributed by atoms with E-state index in [2.05, 4.69) is 41.8 Å². The number of allylic oxidation sites excluding steroid dienone is 2. The van der Waals surface area contributed by atoms with Gasteiger partial charge in [0.2, 0.25) is 5.91 Å². The van der Waals surface area contributed by atoms with Gasteiger partial charge in [-0.1, -0.05) is 24.3 Å². The molecule has 1 aliphatic carbocycles. The molecule has 25 heavy (non-hydrogen) atoms. The molecule has 1 aromatic heterocycles. The third-order valence-corrected chi connectivity index (χ3v) is 6.65. The Balaban J connectivity index is 1.54. The molecule has 5 heteroatoms. The van der Waals surface area contributed by atoms with Gasteiger partial charge >= 0.3 is 0 Å². The first-order valence-corrected chi connectivity index (χ1v) is 10.1. The van der Waals surface area contributed by atoms with Crippen LogP contribution in [0.2, 0.25) is 0 Å². The van der Waals surface area contributed by atoms with E-state index in [0.717, 1.165) is 42.8 Å². The second-order valence-electron chi connectivity index (χ2n) is 7.18. The molecule has 2 N–H and O–H groups in total. The molecule has 2 aromatic rings.